The highest BCUT2D eigenvalue weighted by Gasteiger charge is 2.24. The second-order valence-electron chi connectivity index (χ2n) is 4.13. The van der Waals surface area contributed by atoms with Crippen LogP contribution in [0.15, 0.2) is 48.5 Å². The fraction of sp³-hybridized carbons (Fsp3) is 0.278. The van der Waals surface area contributed by atoms with Gasteiger partial charge in [0.05, 0.1) is 0 Å². The lowest BCUT2D eigenvalue weighted by molar-refractivity contribution is 0.104. The third-order valence-corrected chi connectivity index (χ3v) is 2.63. The molecule has 0 amide bonds. The van der Waals surface area contributed by atoms with E-state index < -0.39 is 0 Å². The molecule has 0 bridgehead atoms. The molecule has 3 rings (SSSR count). The molecule has 0 heterocycles. The van der Waals surface area contributed by atoms with Gasteiger partial charge in [0.2, 0.25) is 0 Å². The summed E-state index contributed by atoms with van der Waals surface area (Å²) in [4.78, 5) is 11.9. The van der Waals surface area contributed by atoms with E-state index in [0.717, 1.165) is 22.3 Å². The normalized spacial score (nSPS) is 10.4. The zero-order valence-electron chi connectivity index (χ0n) is 12.2. The summed E-state index contributed by atoms with van der Waals surface area (Å²) >= 11 is 0. The van der Waals surface area contributed by atoms with Crippen LogP contribution in [0.25, 0.3) is 11.1 Å². The van der Waals surface area contributed by atoms with Gasteiger partial charge in [-0.15, -0.1) is 0 Å². The van der Waals surface area contributed by atoms with Crippen LogP contribution >= 0.6 is 0 Å². The molecule has 100 valence electrons. The van der Waals surface area contributed by atoms with Crippen LogP contribution in [0.4, 0.5) is 0 Å². The van der Waals surface area contributed by atoms with Crippen LogP contribution in [0.1, 0.15) is 50.0 Å². The van der Waals surface area contributed by atoms with E-state index in [2.05, 4.69) is 13.8 Å². The van der Waals surface area contributed by atoms with Crippen LogP contribution in [-0.4, -0.2) is 5.78 Å². The van der Waals surface area contributed by atoms with Gasteiger partial charge >= 0.3 is 0 Å². The molecule has 0 saturated heterocycles. The highest BCUT2D eigenvalue weighted by Crippen LogP contribution is 2.35. The molecule has 0 aromatic heterocycles. The predicted octanol–water partition coefficient (Wildman–Crippen LogP) is 5.34. The van der Waals surface area contributed by atoms with Crippen molar-refractivity contribution in [2.75, 3.05) is 0 Å². The number of carbonyl (C=O) groups is 1. The highest BCUT2D eigenvalue weighted by molar-refractivity contribution is 6.21. The highest BCUT2D eigenvalue weighted by atomic mass is 16.1. The van der Waals surface area contributed by atoms with Gasteiger partial charge in [-0.25, -0.2) is 0 Å². The van der Waals surface area contributed by atoms with Crippen molar-refractivity contribution >= 4 is 5.78 Å². The van der Waals surface area contributed by atoms with E-state index in [-0.39, 0.29) is 5.78 Å². The molecular formula is C18H22O. The third-order valence-electron chi connectivity index (χ3n) is 2.63. The minimum absolute atomic E-state index is 0.149. The number of benzene rings is 2. The maximum absolute atomic E-state index is 11.9. The minimum Gasteiger partial charge on any atom is -0.289 e. The van der Waals surface area contributed by atoms with Crippen molar-refractivity contribution in [2.24, 2.45) is 0 Å². The quantitative estimate of drug-likeness (QED) is 0.529. The molecule has 1 nitrogen and oxygen atoms in total. The summed E-state index contributed by atoms with van der Waals surface area (Å²) in [5, 5.41) is 0. The second kappa shape index (κ2) is 7.52. The molecule has 19 heavy (non-hydrogen) atoms. The van der Waals surface area contributed by atoms with E-state index in [1.54, 1.807) is 0 Å². The molecule has 2 aromatic rings. The van der Waals surface area contributed by atoms with Gasteiger partial charge in [-0.05, 0) is 11.1 Å². The van der Waals surface area contributed by atoms with Crippen LogP contribution in [-0.2, 0) is 0 Å². The van der Waals surface area contributed by atoms with Crippen molar-refractivity contribution in [1.29, 1.82) is 0 Å². The molecule has 0 spiro atoms. The molecule has 0 fully saturated rings. The summed E-state index contributed by atoms with van der Waals surface area (Å²) in [6.45, 7) is 8.25. The van der Waals surface area contributed by atoms with E-state index in [1.165, 1.54) is 6.42 Å². The Balaban J connectivity index is 0.000000321. The Morgan fingerprint density at radius 2 is 0.947 bits per heavy atom. The average Bonchev–Trinajstić information content (AvgIpc) is 2.77. The molecule has 2 aromatic carbocycles. The Bertz CT molecular complexity index is 493. The molecule has 1 aliphatic rings. The average molecular weight is 254 g/mol. The van der Waals surface area contributed by atoms with Crippen LogP contribution < -0.4 is 0 Å². The zero-order chi connectivity index (χ0) is 14.3. The molecule has 0 radical (unpaired) electrons. The third kappa shape index (κ3) is 3.11. The second-order valence-corrected chi connectivity index (χ2v) is 4.13. The Morgan fingerprint density at radius 1 is 0.684 bits per heavy atom. The molecule has 0 unspecified atom stereocenters. The summed E-state index contributed by atoms with van der Waals surface area (Å²) < 4.78 is 0. The van der Waals surface area contributed by atoms with E-state index >= 15 is 0 Å². The SMILES string of the molecule is CC.CCC.O=C1c2ccccc2-c2ccccc21. The van der Waals surface area contributed by atoms with Crippen molar-refractivity contribution in [2.45, 2.75) is 34.1 Å². The first-order valence-corrected chi connectivity index (χ1v) is 7.02. The minimum atomic E-state index is 0.149. The lowest BCUT2D eigenvalue weighted by Crippen LogP contribution is -1.93. The van der Waals surface area contributed by atoms with E-state index in [9.17, 15) is 4.79 Å². The van der Waals surface area contributed by atoms with Gasteiger partial charge in [-0.3, -0.25) is 4.79 Å². The Kier molecular flexibility index (Phi) is 6.01. The summed E-state index contributed by atoms with van der Waals surface area (Å²) in [5.41, 5.74) is 3.78. The largest absolute Gasteiger partial charge is 0.289 e. The number of fused-ring (bicyclic) bond motifs is 3. The summed E-state index contributed by atoms with van der Waals surface area (Å²) in [5.74, 6) is 0.149. The molecule has 0 N–H and O–H groups in total. The Labute approximate surface area is 116 Å². The lowest BCUT2D eigenvalue weighted by atomic mass is 10.1. The van der Waals surface area contributed by atoms with Crippen molar-refractivity contribution in [3.05, 3.63) is 59.7 Å². The monoisotopic (exact) mass is 254 g/mol. The van der Waals surface area contributed by atoms with Gasteiger partial charge in [-0.1, -0.05) is 82.6 Å². The first-order chi connectivity index (χ1) is 9.29. The maximum atomic E-state index is 11.9. The van der Waals surface area contributed by atoms with Gasteiger partial charge in [0.25, 0.3) is 0 Å². The number of carbonyl (C=O) groups excluding carboxylic acids is 1. The number of rotatable bonds is 0. The fourth-order valence-electron chi connectivity index (χ4n) is 1.98. The van der Waals surface area contributed by atoms with Crippen LogP contribution in [0.2, 0.25) is 0 Å². The Morgan fingerprint density at radius 3 is 1.26 bits per heavy atom. The van der Waals surface area contributed by atoms with Gasteiger partial charge < -0.3 is 0 Å². The number of hydrogen-bond acceptors (Lipinski definition) is 1. The molecule has 0 aliphatic heterocycles. The molecular weight excluding hydrogens is 232 g/mol. The fourth-order valence-corrected chi connectivity index (χ4v) is 1.98. The first kappa shape index (κ1) is 15.2. The summed E-state index contributed by atoms with van der Waals surface area (Å²) in [7, 11) is 0. The van der Waals surface area contributed by atoms with Gasteiger partial charge in [-0.2, -0.15) is 0 Å². The molecule has 0 atom stereocenters. The zero-order valence-corrected chi connectivity index (χ0v) is 12.2. The standard InChI is InChI=1S/C13H8O.C3H8.C2H6/c14-13-11-7-3-1-5-9(11)10-6-2-4-8-12(10)13;1-3-2;1-2/h1-8H;3H2,1-2H3;1-2H3. The van der Waals surface area contributed by atoms with Crippen LogP contribution in [0.3, 0.4) is 0 Å². The smallest absolute Gasteiger partial charge is 0.194 e. The lowest BCUT2D eigenvalue weighted by Gasteiger charge is -1.96. The van der Waals surface area contributed by atoms with E-state index in [0.29, 0.717) is 0 Å². The number of ketones is 1. The van der Waals surface area contributed by atoms with Crippen molar-refractivity contribution in [3.63, 3.8) is 0 Å². The van der Waals surface area contributed by atoms with Crippen LogP contribution in [0, 0.1) is 0 Å². The van der Waals surface area contributed by atoms with Crippen molar-refractivity contribution in [1.82, 2.24) is 0 Å². The van der Waals surface area contributed by atoms with Crippen molar-refractivity contribution < 1.29 is 4.79 Å². The van der Waals surface area contributed by atoms with Crippen LogP contribution in [0.5, 0.6) is 0 Å². The van der Waals surface area contributed by atoms with Gasteiger partial charge in [0.1, 0.15) is 0 Å². The summed E-state index contributed by atoms with van der Waals surface area (Å²) in [6.07, 6.45) is 1.25. The predicted molar refractivity (Wildman–Crippen MR) is 82.6 cm³/mol. The topological polar surface area (TPSA) is 17.1 Å². The van der Waals surface area contributed by atoms with Gasteiger partial charge in [0.15, 0.2) is 5.78 Å². The molecule has 1 aliphatic carbocycles. The Hall–Kier alpha value is -1.89. The first-order valence-electron chi connectivity index (χ1n) is 7.02. The molecule has 0 saturated carbocycles. The van der Waals surface area contributed by atoms with Crippen molar-refractivity contribution in [3.8, 4) is 11.1 Å². The maximum Gasteiger partial charge on any atom is 0.194 e. The van der Waals surface area contributed by atoms with E-state index in [4.69, 9.17) is 0 Å². The van der Waals surface area contributed by atoms with E-state index in [1.807, 2.05) is 62.4 Å². The van der Waals surface area contributed by atoms with Gasteiger partial charge in [0, 0.05) is 11.1 Å². The summed E-state index contributed by atoms with van der Waals surface area (Å²) in [6, 6.07) is 15.5. The molecule has 1 heteroatoms. The number of hydrogen-bond donors (Lipinski definition) is 0.